The van der Waals surface area contributed by atoms with Crippen LogP contribution in [0, 0.1) is 0 Å². The van der Waals surface area contributed by atoms with Gasteiger partial charge in [0, 0.05) is 20.5 Å². The maximum atomic E-state index is 12.2. The molecule has 0 aliphatic carbocycles. The van der Waals surface area contributed by atoms with Crippen LogP contribution in [0.3, 0.4) is 0 Å². The fraction of sp³-hybridized carbons (Fsp3) is 0.0714. The second kappa shape index (κ2) is 5.52. The molecule has 0 amide bonds. The number of rotatable bonds is 3. The highest BCUT2D eigenvalue weighted by molar-refractivity contribution is 9.10. The van der Waals surface area contributed by atoms with Crippen molar-refractivity contribution >= 4 is 33.5 Å². The zero-order valence-corrected chi connectivity index (χ0v) is 11.7. The molecule has 0 unspecified atom stereocenters. The SMILES string of the molecule is CSc1ccc(C(=O)c2ccccc2Br)cc1. The first kappa shape index (κ1) is 12.4. The van der Waals surface area contributed by atoms with Gasteiger partial charge in [0.05, 0.1) is 0 Å². The Balaban J connectivity index is 2.34. The monoisotopic (exact) mass is 306 g/mol. The van der Waals surface area contributed by atoms with Gasteiger partial charge in [-0.05, 0) is 42.7 Å². The van der Waals surface area contributed by atoms with Crippen LogP contribution in [0.1, 0.15) is 15.9 Å². The van der Waals surface area contributed by atoms with E-state index in [1.807, 2.05) is 54.8 Å². The summed E-state index contributed by atoms with van der Waals surface area (Å²) in [5.74, 6) is 0.0464. The molecule has 0 bridgehead atoms. The first-order valence-electron chi connectivity index (χ1n) is 5.15. The van der Waals surface area contributed by atoms with Gasteiger partial charge in [-0.1, -0.05) is 28.1 Å². The minimum atomic E-state index is 0.0464. The van der Waals surface area contributed by atoms with E-state index in [4.69, 9.17) is 0 Å². The van der Waals surface area contributed by atoms with Crippen LogP contribution >= 0.6 is 27.7 Å². The summed E-state index contributed by atoms with van der Waals surface area (Å²) < 4.78 is 0.832. The first-order valence-corrected chi connectivity index (χ1v) is 7.17. The van der Waals surface area contributed by atoms with Gasteiger partial charge < -0.3 is 0 Å². The van der Waals surface area contributed by atoms with Gasteiger partial charge in [-0.3, -0.25) is 4.79 Å². The number of hydrogen-bond donors (Lipinski definition) is 0. The van der Waals surface area contributed by atoms with E-state index in [0.717, 1.165) is 14.9 Å². The van der Waals surface area contributed by atoms with E-state index in [1.165, 1.54) is 0 Å². The molecule has 2 aromatic rings. The molecule has 86 valence electrons. The fourth-order valence-electron chi connectivity index (χ4n) is 1.54. The lowest BCUT2D eigenvalue weighted by Gasteiger charge is -2.04. The topological polar surface area (TPSA) is 17.1 Å². The predicted octanol–water partition coefficient (Wildman–Crippen LogP) is 4.40. The number of ketones is 1. The van der Waals surface area contributed by atoms with Gasteiger partial charge in [0.1, 0.15) is 0 Å². The largest absolute Gasteiger partial charge is 0.289 e. The standard InChI is InChI=1S/C14H11BrOS/c1-17-11-8-6-10(7-9-11)14(16)12-4-2-3-5-13(12)15/h2-9H,1H3. The van der Waals surface area contributed by atoms with Gasteiger partial charge in [0.15, 0.2) is 5.78 Å². The van der Waals surface area contributed by atoms with Crippen molar-refractivity contribution in [1.82, 2.24) is 0 Å². The molecule has 0 atom stereocenters. The summed E-state index contributed by atoms with van der Waals surface area (Å²) in [5.41, 5.74) is 1.42. The summed E-state index contributed by atoms with van der Waals surface area (Å²) >= 11 is 5.06. The van der Waals surface area contributed by atoms with E-state index in [2.05, 4.69) is 15.9 Å². The van der Waals surface area contributed by atoms with Crippen molar-refractivity contribution in [3.05, 3.63) is 64.1 Å². The molecule has 0 aliphatic heterocycles. The van der Waals surface area contributed by atoms with Crippen LogP contribution in [-0.4, -0.2) is 12.0 Å². The number of halogens is 1. The molecule has 0 fully saturated rings. The van der Waals surface area contributed by atoms with Crippen molar-refractivity contribution < 1.29 is 4.79 Å². The molecule has 0 N–H and O–H groups in total. The first-order chi connectivity index (χ1) is 8.22. The Morgan fingerprint density at radius 3 is 2.29 bits per heavy atom. The fourth-order valence-corrected chi connectivity index (χ4v) is 2.42. The second-order valence-corrected chi connectivity index (χ2v) is 5.27. The maximum absolute atomic E-state index is 12.2. The van der Waals surface area contributed by atoms with E-state index in [1.54, 1.807) is 11.8 Å². The lowest BCUT2D eigenvalue weighted by Crippen LogP contribution is -2.01. The van der Waals surface area contributed by atoms with Crippen LogP contribution in [-0.2, 0) is 0 Å². The van der Waals surface area contributed by atoms with Crippen LogP contribution < -0.4 is 0 Å². The molecule has 0 aliphatic rings. The van der Waals surface area contributed by atoms with Gasteiger partial charge in [-0.25, -0.2) is 0 Å². The van der Waals surface area contributed by atoms with Crippen LogP contribution in [0.25, 0.3) is 0 Å². The zero-order chi connectivity index (χ0) is 12.3. The molecular weight excluding hydrogens is 296 g/mol. The molecule has 0 radical (unpaired) electrons. The highest BCUT2D eigenvalue weighted by Crippen LogP contribution is 2.21. The maximum Gasteiger partial charge on any atom is 0.194 e. The van der Waals surface area contributed by atoms with Crippen molar-refractivity contribution in [3.63, 3.8) is 0 Å². The predicted molar refractivity (Wildman–Crippen MR) is 75.8 cm³/mol. The molecule has 1 nitrogen and oxygen atoms in total. The molecule has 0 saturated carbocycles. The average molecular weight is 307 g/mol. The average Bonchev–Trinajstić information content (AvgIpc) is 2.39. The normalized spacial score (nSPS) is 10.2. The molecule has 17 heavy (non-hydrogen) atoms. The molecule has 2 rings (SSSR count). The third kappa shape index (κ3) is 2.79. The summed E-state index contributed by atoms with van der Waals surface area (Å²) in [5, 5.41) is 0. The third-order valence-corrected chi connectivity index (χ3v) is 3.91. The minimum absolute atomic E-state index is 0.0464. The molecule has 0 heterocycles. The number of benzene rings is 2. The van der Waals surface area contributed by atoms with Crippen molar-refractivity contribution in [1.29, 1.82) is 0 Å². The molecular formula is C14H11BrOS. The van der Waals surface area contributed by atoms with Crippen molar-refractivity contribution in [2.45, 2.75) is 4.90 Å². The molecule has 3 heteroatoms. The lowest BCUT2D eigenvalue weighted by molar-refractivity contribution is 0.103. The molecule has 2 aromatic carbocycles. The Bertz CT molecular complexity index is 534. The summed E-state index contributed by atoms with van der Waals surface area (Å²) in [6.07, 6.45) is 2.02. The van der Waals surface area contributed by atoms with E-state index in [0.29, 0.717) is 5.56 Å². The smallest absolute Gasteiger partial charge is 0.194 e. The van der Waals surface area contributed by atoms with Crippen LogP contribution in [0.2, 0.25) is 0 Å². The highest BCUT2D eigenvalue weighted by atomic mass is 79.9. The summed E-state index contributed by atoms with van der Waals surface area (Å²) in [6, 6.07) is 15.1. The molecule has 0 saturated heterocycles. The Morgan fingerprint density at radius 1 is 1.06 bits per heavy atom. The van der Waals surface area contributed by atoms with Gasteiger partial charge in [-0.15, -0.1) is 11.8 Å². The summed E-state index contributed by atoms with van der Waals surface area (Å²) in [6.45, 7) is 0. The van der Waals surface area contributed by atoms with E-state index in [-0.39, 0.29) is 5.78 Å². The number of carbonyl (C=O) groups is 1. The number of thioether (sulfide) groups is 1. The Morgan fingerprint density at radius 2 is 1.71 bits per heavy atom. The van der Waals surface area contributed by atoms with E-state index >= 15 is 0 Å². The second-order valence-electron chi connectivity index (χ2n) is 3.54. The van der Waals surface area contributed by atoms with Gasteiger partial charge in [0.2, 0.25) is 0 Å². The van der Waals surface area contributed by atoms with Crippen LogP contribution in [0.15, 0.2) is 57.9 Å². The third-order valence-electron chi connectivity index (χ3n) is 2.47. The van der Waals surface area contributed by atoms with Crippen molar-refractivity contribution in [2.24, 2.45) is 0 Å². The highest BCUT2D eigenvalue weighted by Gasteiger charge is 2.11. The zero-order valence-electron chi connectivity index (χ0n) is 9.31. The molecule has 0 aromatic heterocycles. The van der Waals surface area contributed by atoms with Crippen LogP contribution in [0.4, 0.5) is 0 Å². The van der Waals surface area contributed by atoms with Gasteiger partial charge in [-0.2, -0.15) is 0 Å². The van der Waals surface area contributed by atoms with Gasteiger partial charge >= 0.3 is 0 Å². The molecule has 0 spiro atoms. The van der Waals surface area contributed by atoms with Gasteiger partial charge in [0.25, 0.3) is 0 Å². The quantitative estimate of drug-likeness (QED) is 0.617. The van der Waals surface area contributed by atoms with Crippen LogP contribution in [0.5, 0.6) is 0 Å². The number of carbonyl (C=O) groups excluding carboxylic acids is 1. The van der Waals surface area contributed by atoms with E-state index in [9.17, 15) is 4.79 Å². The Hall–Kier alpha value is -1.06. The Kier molecular flexibility index (Phi) is 4.02. The van der Waals surface area contributed by atoms with Crippen molar-refractivity contribution in [3.8, 4) is 0 Å². The van der Waals surface area contributed by atoms with E-state index < -0.39 is 0 Å². The van der Waals surface area contributed by atoms with Crippen molar-refractivity contribution in [2.75, 3.05) is 6.26 Å². The summed E-state index contributed by atoms with van der Waals surface area (Å²) in [4.78, 5) is 13.4. The Labute approximate surface area is 113 Å². The minimum Gasteiger partial charge on any atom is -0.289 e. The lowest BCUT2D eigenvalue weighted by atomic mass is 10.0. The summed E-state index contributed by atoms with van der Waals surface area (Å²) in [7, 11) is 0. The number of hydrogen-bond acceptors (Lipinski definition) is 2.